The van der Waals surface area contributed by atoms with Crippen LogP contribution in [-0.2, 0) is 10.2 Å². The zero-order valence-electron chi connectivity index (χ0n) is 9.76. The highest BCUT2D eigenvalue weighted by atomic mass is 35.5. The molecule has 1 aromatic heterocycles. The smallest absolute Gasteiger partial charge is 0.229 e. The highest BCUT2D eigenvalue weighted by molar-refractivity contribution is 6.29. The maximum absolute atomic E-state index is 11.7. The Labute approximate surface area is 124 Å². The number of halogens is 3. The molecule has 0 radical (unpaired) electrons. The van der Waals surface area contributed by atoms with Crippen molar-refractivity contribution in [1.82, 2.24) is 9.97 Å². The van der Waals surface area contributed by atoms with Crippen LogP contribution in [0.4, 0.5) is 0 Å². The summed E-state index contributed by atoms with van der Waals surface area (Å²) < 4.78 is 0. The Hall–Kier alpha value is -0.580. The average molecular weight is 313 g/mol. The summed E-state index contributed by atoms with van der Waals surface area (Å²) in [6.45, 7) is 0. The number of carbonyl (C=O) groups excluding carboxylic acids is 1. The van der Waals surface area contributed by atoms with Gasteiger partial charge in [-0.3, -0.25) is 4.79 Å². The van der Waals surface area contributed by atoms with Gasteiger partial charge in [-0.15, -0.1) is 24.8 Å². The normalized spacial score (nSPS) is 17.2. The minimum atomic E-state index is -0.634. The molecule has 0 saturated heterocycles. The summed E-state index contributed by atoms with van der Waals surface area (Å²) in [5.74, 6) is -0.304. The summed E-state index contributed by atoms with van der Waals surface area (Å²) in [5, 5.41) is 0.358. The fraction of sp³-hybridized carbons (Fsp3) is 0.545. The van der Waals surface area contributed by atoms with Crippen molar-refractivity contribution in [3.05, 3.63) is 23.2 Å². The quantitative estimate of drug-likeness (QED) is 0.854. The molecular formula is C11H16Cl3N3O. The van der Waals surface area contributed by atoms with Gasteiger partial charge >= 0.3 is 0 Å². The van der Waals surface area contributed by atoms with E-state index in [2.05, 4.69) is 9.97 Å². The van der Waals surface area contributed by atoms with Gasteiger partial charge in [0, 0.05) is 0 Å². The molecule has 0 aliphatic heterocycles. The summed E-state index contributed by atoms with van der Waals surface area (Å²) in [7, 11) is 0. The third kappa shape index (κ3) is 3.25. The molecule has 2 N–H and O–H groups in total. The number of nitrogens with two attached hydrogens (primary N) is 1. The van der Waals surface area contributed by atoms with Gasteiger partial charge in [0.1, 0.15) is 11.5 Å². The van der Waals surface area contributed by atoms with E-state index in [0.29, 0.717) is 10.8 Å². The molecule has 0 unspecified atom stereocenters. The maximum atomic E-state index is 11.7. The van der Waals surface area contributed by atoms with Gasteiger partial charge in [-0.05, 0) is 18.9 Å². The Kier molecular flexibility index (Phi) is 6.89. The van der Waals surface area contributed by atoms with Crippen LogP contribution < -0.4 is 5.73 Å². The minimum Gasteiger partial charge on any atom is -0.369 e. The van der Waals surface area contributed by atoms with E-state index in [1.54, 1.807) is 6.07 Å². The Balaban J connectivity index is 0.00000144. The van der Waals surface area contributed by atoms with Crippen molar-refractivity contribution in [1.29, 1.82) is 0 Å². The molecular weight excluding hydrogens is 297 g/mol. The lowest BCUT2D eigenvalue weighted by molar-refractivity contribution is -0.124. The number of primary amides is 1. The van der Waals surface area contributed by atoms with Crippen LogP contribution in [-0.4, -0.2) is 15.9 Å². The number of hydrogen-bond acceptors (Lipinski definition) is 3. The highest BCUT2D eigenvalue weighted by Gasteiger charge is 2.41. The van der Waals surface area contributed by atoms with Gasteiger partial charge in [-0.2, -0.15) is 0 Å². The molecule has 102 valence electrons. The summed E-state index contributed by atoms with van der Waals surface area (Å²) >= 11 is 5.83. The summed E-state index contributed by atoms with van der Waals surface area (Å²) in [5.41, 5.74) is 5.57. The summed E-state index contributed by atoms with van der Waals surface area (Å²) in [6.07, 6.45) is 6.06. The van der Waals surface area contributed by atoms with Crippen molar-refractivity contribution in [2.24, 2.45) is 5.73 Å². The van der Waals surface area contributed by atoms with Crippen LogP contribution in [0.5, 0.6) is 0 Å². The zero-order valence-corrected chi connectivity index (χ0v) is 12.2. The van der Waals surface area contributed by atoms with Gasteiger partial charge in [0.2, 0.25) is 5.91 Å². The number of carbonyl (C=O) groups is 1. The topological polar surface area (TPSA) is 68.9 Å². The van der Waals surface area contributed by atoms with E-state index in [4.69, 9.17) is 17.3 Å². The summed E-state index contributed by atoms with van der Waals surface area (Å²) in [4.78, 5) is 19.7. The van der Waals surface area contributed by atoms with Crippen LogP contribution in [0.15, 0.2) is 12.4 Å². The molecule has 0 spiro atoms. The second-order valence-corrected chi connectivity index (χ2v) is 4.62. The van der Waals surface area contributed by atoms with Crippen LogP contribution in [0.2, 0.25) is 5.15 Å². The fourth-order valence-electron chi connectivity index (χ4n) is 2.38. The molecule has 1 amide bonds. The Morgan fingerprint density at radius 3 is 2.33 bits per heavy atom. The molecule has 18 heavy (non-hydrogen) atoms. The predicted molar refractivity (Wildman–Crippen MR) is 75.5 cm³/mol. The Bertz CT molecular complexity index is 408. The number of amides is 1. The lowest BCUT2D eigenvalue weighted by Crippen LogP contribution is -2.43. The number of aromatic nitrogens is 2. The van der Waals surface area contributed by atoms with Crippen molar-refractivity contribution in [2.75, 3.05) is 0 Å². The first kappa shape index (κ1) is 17.4. The highest BCUT2D eigenvalue weighted by Crippen LogP contribution is 2.38. The minimum absolute atomic E-state index is 0. The molecule has 2 rings (SSSR count). The van der Waals surface area contributed by atoms with Gasteiger partial charge in [0.15, 0.2) is 0 Å². The van der Waals surface area contributed by atoms with E-state index in [-0.39, 0.29) is 30.7 Å². The second-order valence-electron chi connectivity index (χ2n) is 4.23. The Morgan fingerprint density at radius 2 is 1.83 bits per heavy atom. The largest absolute Gasteiger partial charge is 0.369 e. The molecule has 4 nitrogen and oxygen atoms in total. The lowest BCUT2D eigenvalue weighted by Gasteiger charge is -2.33. The molecule has 1 fully saturated rings. The van der Waals surface area contributed by atoms with Crippen LogP contribution >= 0.6 is 36.4 Å². The molecule has 0 atom stereocenters. The van der Waals surface area contributed by atoms with Gasteiger partial charge in [-0.25, -0.2) is 9.97 Å². The molecule has 0 aromatic carbocycles. The monoisotopic (exact) mass is 311 g/mol. The van der Waals surface area contributed by atoms with E-state index in [9.17, 15) is 4.79 Å². The van der Waals surface area contributed by atoms with Crippen LogP contribution in [0.3, 0.4) is 0 Å². The van der Waals surface area contributed by atoms with Gasteiger partial charge < -0.3 is 5.73 Å². The van der Waals surface area contributed by atoms with Gasteiger partial charge in [0.05, 0.1) is 11.1 Å². The van der Waals surface area contributed by atoms with E-state index < -0.39 is 5.41 Å². The van der Waals surface area contributed by atoms with Crippen LogP contribution in [0.25, 0.3) is 0 Å². The van der Waals surface area contributed by atoms with Crippen LogP contribution in [0.1, 0.15) is 37.8 Å². The number of nitrogens with zero attached hydrogens (tertiary/aromatic N) is 2. The van der Waals surface area contributed by atoms with Crippen molar-refractivity contribution in [3.8, 4) is 0 Å². The van der Waals surface area contributed by atoms with Crippen molar-refractivity contribution < 1.29 is 4.79 Å². The first-order chi connectivity index (χ1) is 7.65. The molecule has 1 aliphatic rings. The molecule has 0 bridgehead atoms. The molecule has 7 heteroatoms. The van der Waals surface area contributed by atoms with Crippen molar-refractivity contribution in [2.45, 2.75) is 37.5 Å². The first-order valence-electron chi connectivity index (χ1n) is 5.43. The number of rotatable bonds is 2. The third-order valence-electron chi connectivity index (χ3n) is 3.30. The molecule has 1 aliphatic carbocycles. The van der Waals surface area contributed by atoms with Gasteiger partial charge in [0.25, 0.3) is 0 Å². The van der Waals surface area contributed by atoms with Crippen LogP contribution in [0, 0.1) is 0 Å². The molecule has 1 saturated carbocycles. The molecule has 1 aromatic rings. The first-order valence-corrected chi connectivity index (χ1v) is 5.81. The fourth-order valence-corrected chi connectivity index (χ4v) is 2.53. The van der Waals surface area contributed by atoms with E-state index in [1.807, 2.05) is 0 Å². The number of hydrogen-bond donors (Lipinski definition) is 1. The van der Waals surface area contributed by atoms with Gasteiger partial charge in [-0.1, -0.05) is 30.9 Å². The lowest BCUT2D eigenvalue weighted by atomic mass is 9.71. The van der Waals surface area contributed by atoms with Crippen molar-refractivity contribution in [3.63, 3.8) is 0 Å². The van der Waals surface area contributed by atoms with Crippen molar-refractivity contribution >= 4 is 42.3 Å². The SMILES string of the molecule is Cl.Cl.NC(=O)C1(c2cc(Cl)ncn2)CCCCC1. The average Bonchev–Trinajstić information content (AvgIpc) is 2.30. The standard InChI is InChI=1S/C11H14ClN3O.2ClH/c12-9-6-8(14-7-15-9)11(10(13)16)4-2-1-3-5-11;;/h6-7H,1-5H2,(H2,13,16);2*1H. The van der Waals surface area contributed by atoms with E-state index in [1.165, 1.54) is 6.33 Å². The maximum Gasteiger partial charge on any atom is 0.229 e. The third-order valence-corrected chi connectivity index (χ3v) is 3.51. The second kappa shape index (κ2) is 7.12. The Morgan fingerprint density at radius 1 is 1.22 bits per heavy atom. The summed E-state index contributed by atoms with van der Waals surface area (Å²) in [6, 6.07) is 1.65. The zero-order chi connectivity index (χ0) is 11.6. The van der Waals surface area contributed by atoms with E-state index >= 15 is 0 Å². The van der Waals surface area contributed by atoms with E-state index in [0.717, 1.165) is 32.1 Å². The predicted octanol–water partition coefficient (Wildman–Crippen LogP) is 2.66. The molecule has 1 heterocycles.